The predicted octanol–water partition coefficient (Wildman–Crippen LogP) is 2.61. The highest BCUT2D eigenvalue weighted by molar-refractivity contribution is 8.03. The van der Waals surface area contributed by atoms with Gasteiger partial charge in [0.2, 0.25) is 0 Å². The Kier molecular flexibility index (Phi) is 3.03. The summed E-state index contributed by atoms with van der Waals surface area (Å²) < 4.78 is 0. The summed E-state index contributed by atoms with van der Waals surface area (Å²) >= 11 is 1.71. The number of aromatic nitrogens is 2. The summed E-state index contributed by atoms with van der Waals surface area (Å²) in [5.74, 6) is 0.541. The maximum Gasteiger partial charge on any atom is 0.127 e. The second-order valence-electron chi connectivity index (χ2n) is 3.30. The SMILES string of the molecule is Nc1cc(SC2=CCCCC2)ncn1. The van der Waals surface area contributed by atoms with Crippen molar-refractivity contribution in [1.29, 1.82) is 0 Å². The van der Waals surface area contributed by atoms with Crippen LogP contribution in [0.5, 0.6) is 0 Å². The summed E-state index contributed by atoms with van der Waals surface area (Å²) in [5, 5.41) is 0.950. The van der Waals surface area contributed by atoms with E-state index in [1.54, 1.807) is 11.8 Å². The van der Waals surface area contributed by atoms with Crippen LogP contribution in [0.25, 0.3) is 0 Å². The number of rotatable bonds is 2. The summed E-state index contributed by atoms with van der Waals surface area (Å²) in [7, 11) is 0. The fraction of sp³-hybridized carbons (Fsp3) is 0.400. The highest BCUT2D eigenvalue weighted by Gasteiger charge is 2.06. The van der Waals surface area contributed by atoms with Crippen molar-refractivity contribution < 1.29 is 0 Å². The van der Waals surface area contributed by atoms with E-state index in [0.717, 1.165) is 5.03 Å². The fourth-order valence-corrected chi connectivity index (χ4v) is 2.44. The van der Waals surface area contributed by atoms with Gasteiger partial charge in [0.1, 0.15) is 17.2 Å². The molecule has 0 amide bonds. The molecule has 0 bridgehead atoms. The van der Waals surface area contributed by atoms with Crippen molar-refractivity contribution in [3.05, 3.63) is 23.4 Å². The Morgan fingerprint density at radius 2 is 2.21 bits per heavy atom. The lowest BCUT2D eigenvalue weighted by Crippen LogP contribution is -1.93. The van der Waals surface area contributed by atoms with Gasteiger partial charge >= 0.3 is 0 Å². The second-order valence-corrected chi connectivity index (χ2v) is 4.45. The first kappa shape index (κ1) is 9.52. The molecule has 0 radical (unpaired) electrons. The van der Waals surface area contributed by atoms with Gasteiger partial charge in [-0.3, -0.25) is 0 Å². The van der Waals surface area contributed by atoms with E-state index < -0.39 is 0 Å². The Hall–Kier alpha value is -1.03. The lowest BCUT2D eigenvalue weighted by Gasteiger charge is -2.11. The molecule has 0 spiro atoms. The molecule has 74 valence electrons. The Balaban J connectivity index is 2.06. The van der Waals surface area contributed by atoms with Gasteiger partial charge in [0.15, 0.2) is 0 Å². The minimum atomic E-state index is 0.541. The van der Waals surface area contributed by atoms with Gasteiger partial charge in [-0.15, -0.1) is 0 Å². The Morgan fingerprint density at radius 1 is 1.29 bits per heavy atom. The van der Waals surface area contributed by atoms with Crippen LogP contribution in [0.3, 0.4) is 0 Å². The van der Waals surface area contributed by atoms with Crippen LogP contribution in [0.15, 0.2) is 28.4 Å². The van der Waals surface area contributed by atoms with Gasteiger partial charge in [-0.05, 0) is 30.6 Å². The van der Waals surface area contributed by atoms with E-state index in [4.69, 9.17) is 5.73 Å². The fourth-order valence-electron chi connectivity index (χ4n) is 1.44. The molecule has 0 aromatic carbocycles. The van der Waals surface area contributed by atoms with Crippen molar-refractivity contribution in [1.82, 2.24) is 9.97 Å². The molecular weight excluding hydrogens is 194 g/mol. The van der Waals surface area contributed by atoms with Gasteiger partial charge in [-0.25, -0.2) is 9.97 Å². The summed E-state index contributed by atoms with van der Waals surface area (Å²) in [6, 6.07) is 1.82. The number of allylic oxidation sites excluding steroid dienone is 2. The van der Waals surface area contributed by atoms with Crippen molar-refractivity contribution in [3.8, 4) is 0 Å². The zero-order valence-electron chi connectivity index (χ0n) is 7.94. The molecule has 0 fully saturated rings. The van der Waals surface area contributed by atoms with Gasteiger partial charge < -0.3 is 5.73 Å². The Labute approximate surface area is 87.8 Å². The molecule has 1 heterocycles. The third kappa shape index (κ3) is 2.48. The lowest BCUT2D eigenvalue weighted by atomic mass is 10.1. The molecular formula is C10H13N3S. The zero-order chi connectivity index (χ0) is 9.80. The van der Waals surface area contributed by atoms with Crippen LogP contribution in [-0.2, 0) is 0 Å². The smallest absolute Gasteiger partial charge is 0.127 e. The van der Waals surface area contributed by atoms with Gasteiger partial charge in [0.25, 0.3) is 0 Å². The van der Waals surface area contributed by atoms with Crippen LogP contribution in [0, 0.1) is 0 Å². The summed E-state index contributed by atoms with van der Waals surface area (Å²) in [5.41, 5.74) is 5.58. The molecule has 2 N–H and O–H groups in total. The first-order valence-corrected chi connectivity index (χ1v) is 5.60. The average Bonchev–Trinajstić information content (AvgIpc) is 2.19. The quantitative estimate of drug-likeness (QED) is 0.757. The highest BCUT2D eigenvalue weighted by Crippen LogP contribution is 2.32. The maximum absolute atomic E-state index is 5.58. The first-order valence-electron chi connectivity index (χ1n) is 4.79. The standard InChI is InChI=1S/C10H13N3S/c11-9-6-10(13-7-12-9)14-8-4-2-1-3-5-8/h4,6-7H,1-3,5H2,(H2,11,12,13). The molecule has 14 heavy (non-hydrogen) atoms. The van der Waals surface area contributed by atoms with Crippen molar-refractivity contribution in [2.45, 2.75) is 30.7 Å². The van der Waals surface area contributed by atoms with E-state index in [9.17, 15) is 0 Å². The molecule has 1 aromatic rings. The van der Waals surface area contributed by atoms with Crippen LogP contribution in [0.2, 0.25) is 0 Å². The molecule has 0 unspecified atom stereocenters. The van der Waals surface area contributed by atoms with Crippen LogP contribution in [0.4, 0.5) is 5.82 Å². The van der Waals surface area contributed by atoms with Crippen molar-refractivity contribution in [3.63, 3.8) is 0 Å². The van der Waals surface area contributed by atoms with Gasteiger partial charge in [0, 0.05) is 6.07 Å². The number of hydrogen-bond acceptors (Lipinski definition) is 4. The van der Waals surface area contributed by atoms with Crippen LogP contribution >= 0.6 is 11.8 Å². The van der Waals surface area contributed by atoms with Crippen LogP contribution in [0.1, 0.15) is 25.7 Å². The van der Waals surface area contributed by atoms with E-state index in [-0.39, 0.29) is 0 Å². The van der Waals surface area contributed by atoms with Crippen LogP contribution in [-0.4, -0.2) is 9.97 Å². The van der Waals surface area contributed by atoms with Crippen LogP contribution < -0.4 is 5.73 Å². The topological polar surface area (TPSA) is 51.8 Å². The minimum Gasteiger partial charge on any atom is -0.384 e. The van der Waals surface area contributed by atoms with Gasteiger partial charge in [0.05, 0.1) is 0 Å². The second kappa shape index (κ2) is 4.46. The first-order chi connectivity index (χ1) is 6.84. The molecule has 2 rings (SSSR count). The zero-order valence-corrected chi connectivity index (χ0v) is 8.76. The molecule has 0 saturated carbocycles. The molecule has 4 heteroatoms. The van der Waals surface area contributed by atoms with Crippen molar-refractivity contribution in [2.24, 2.45) is 0 Å². The summed E-state index contributed by atoms with van der Waals surface area (Å²) in [6.07, 6.45) is 8.79. The Morgan fingerprint density at radius 3 is 2.93 bits per heavy atom. The van der Waals surface area contributed by atoms with Crippen molar-refractivity contribution >= 4 is 17.6 Å². The predicted molar refractivity (Wildman–Crippen MR) is 58.9 cm³/mol. The number of thioether (sulfide) groups is 1. The molecule has 0 aliphatic heterocycles. The normalized spacial score (nSPS) is 16.4. The van der Waals surface area contributed by atoms with Crippen molar-refractivity contribution in [2.75, 3.05) is 5.73 Å². The monoisotopic (exact) mass is 207 g/mol. The highest BCUT2D eigenvalue weighted by atomic mass is 32.2. The third-order valence-electron chi connectivity index (χ3n) is 2.15. The van der Waals surface area contributed by atoms with E-state index in [1.165, 1.54) is 36.9 Å². The molecule has 1 aliphatic rings. The molecule has 3 nitrogen and oxygen atoms in total. The summed E-state index contributed by atoms with van der Waals surface area (Å²) in [4.78, 5) is 9.44. The number of nitrogens with zero attached hydrogens (tertiary/aromatic N) is 2. The lowest BCUT2D eigenvalue weighted by molar-refractivity contribution is 0.723. The van der Waals surface area contributed by atoms with E-state index in [2.05, 4.69) is 16.0 Å². The van der Waals surface area contributed by atoms with E-state index >= 15 is 0 Å². The van der Waals surface area contributed by atoms with E-state index in [1.807, 2.05) is 6.07 Å². The number of hydrogen-bond donors (Lipinski definition) is 1. The molecule has 0 atom stereocenters. The number of nitrogens with two attached hydrogens (primary N) is 1. The van der Waals surface area contributed by atoms with Gasteiger partial charge in [-0.2, -0.15) is 0 Å². The average molecular weight is 207 g/mol. The Bertz CT molecular complexity index is 349. The maximum atomic E-state index is 5.58. The number of nitrogen functional groups attached to an aromatic ring is 1. The minimum absolute atomic E-state index is 0.541. The summed E-state index contributed by atoms with van der Waals surface area (Å²) in [6.45, 7) is 0. The molecule has 0 saturated heterocycles. The van der Waals surface area contributed by atoms with E-state index in [0.29, 0.717) is 5.82 Å². The molecule has 1 aromatic heterocycles. The molecule has 1 aliphatic carbocycles. The van der Waals surface area contributed by atoms with Gasteiger partial charge in [-0.1, -0.05) is 17.8 Å². The largest absolute Gasteiger partial charge is 0.384 e. The number of anilines is 1. The third-order valence-corrected chi connectivity index (χ3v) is 3.21.